The van der Waals surface area contributed by atoms with Gasteiger partial charge in [-0.3, -0.25) is 4.90 Å². The molecule has 0 radical (unpaired) electrons. The second-order valence-corrected chi connectivity index (χ2v) is 6.35. The summed E-state index contributed by atoms with van der Waals surface area (Å²) >= 11 is 0. The molecule has 3 rings (SSSR count). The number of rotatable bonds is 2. The fraction of sp³-hybridized carbons (Fsp3) is 0.529. The van der Waals surface area contributed by atoms with Gasteiger partial charge in [-0.2, -0.15) is 0 Å². The van der Waals surface area contributed by atoms with E-state index in [1.54, 1.807) is 0 Å². The number of halogens is 1. The van der Waals surface area contributed by atoms with Gasteiger partial charge in [0.05, 0.1) is 0 Å². The number of fused-ring (bicyclic) bond motifs is 4. The van der Waals surface area contributed by atoms with Crippen molar-refractivity contribution in [1.82, 2.24) is 4.90 Å². The van der Waals surface area contributed by atoms with Crippen molar-refractivity contribution in [3.63, 3.8) is 0 Å². The summed E-state index contributed by atoms with van der Waals surface area (Å²) < 4.78 is 0. The zero-order valence-corrected chi connectivity index (χ0v) is 13.1. The van der Waals surface area contributed by atoms with E-state index in [2.05, 4.69) is 31.4 Å². The van der Waals surface area contributed by atoms with Gasteiger partial charge in [-0.25, -0.2) is 0 Å². The molecule has 1 unspecified atom stereocenters. The van der Waals surface area contributed by atoms with E-state index in [1.807, 2.05) is 18.2 Å². The van der Waals surface area contributed by atoms with Crippen LogP contribution in [0, 0.1) is 5.92 Å². The Kier molecular flexibility index (Phi) is 4.17. The number of phenols is 1. The first-order chi connectivity index (χ1) is 9.06. The van der Waals surface area contributed by atoms with Crippen molar-refractivity contribution in [2.45, 2.75) is 38.1 Å². The van der Waals surface area contributed by atoms with Crippen LogP contribution in [0.15, 0.2) is 30.9 Å². The average molecular weight is 294 g/mol. The van der Waals surface area contributed by atoms with Gasteiger partial charge in [-0.05, 0) is 54.0 Å². The van der Waals surface area contributed by atoms with Gasteiger partial charge in [0.2, 0.25) is 0 Å². The van der Waals surface area contributed by atoms with Gasteiger partial charge >= 0.3 is 0 Å². The van der Waals surface area contributed by atoms with Gasteiger partial charge < -0.3 is 5.11 Å². The van der Waals surface area contributed by atoms with Gasteiger partial charge in [0.25, 0.3) is 0 Å². The second kappa shape index (κ2) is 5.42. The summed E-state index contributed by atoms with van der Waals surface area (Å²) in [5.74, 6) is 1.02. The van der Waals surface area contributed by atoms with Gasteiger partial charge in [-0.1, -0.05) is 26.0 Å². The van der Waals surface area contributed by atoms with E-state index in [0.717, 1.165) is 25.9 Å². The van der Waals surface area contributed by atoms with Crippen LogP contribution in [0.5, 0.6) is 5.75 Å². The van der Waals surface area contributed by atoms with E-state index in [9.17, 15) is 5.11 Å². The van der Waals surface area contributed by atoms with Crippen LogP contribution in [0.1, 0.15) is 31.4 Å². The van der Waals surface area contributed by atoms with Crippen LogP contribution in [0.25, 0.3) is 0 Å². The zero-order chi connectivity index (χ0) is 13.6. The first kappa shape index (κ1) is 15.4. The summed E-state index contributed by atoms with van der Waals surface area (Å²) in [5.41, 5.74) is 2.99. The summed E-state index contributed by atoms with van der Waals surface area (Å²) in [6.07, 6.45) is 4.27. The molecule has 3 heteroatoms. The molecule has 0 amide bonds. The number of piperidine rings is 1. The van der Waals surface area contributed by atoms with Crippen LogP contribution in [0.3, 0.4) is 0 Å². The molecule has 1 fully saturated rings. The van der Waals surface area contributed by atoms with Gasteiger partial charge in [0.1, 0.15) is 5.75 Å². The zero-order valence-electron chi connectivity index (χ0n) is 12.3. The van der Waals surface area contributed by atoms with E-state index >= 15 is 0 Å². The third-order valence-electron chi connectivity index (χ3n) is 5.47. The monoisotopic (exact) mass is 293 g/mol. The van der Waals surface area contributed by atoms with Gasteiger partial charge in [0, 0.05) is 12.6 Å². The second-order valence-electron chi connectivity index (χ2n) is 6.35. The third kappa shape index (κ3) is 2.15. The molecule has 2 bridgehead atoms. The summed E-state index contributed by atoms with van der Waals surface area (Å²) in [4.78, 5) is 2.56. The number of aromatic hydroxyl groups is 1. The molecule has 1 N–H and O–H groups in total. The van der Waals surface area contributed by atoms with Crippen molar-refractivity contribution >= 4 is 12.4 Å². The lowest BCUT2D eigenvalue weighted by Gasteiger charge is -2.54. The summed E-state index contributed by atoms with van der Waals surface area (Å²) in [5, 5.41) is 9.80. The van der Waals surface area contributed by atoms with Crippen molar-refractivity contribution in [1.29, 1.82) is 0 Å². The molecule has 0 aromatic heterocycles. The summed E-state index contributed by atoms with van der Waals surface area (Å²) in [7, 11) is 0. The maximum atomic E-state index is 9.80. The SMILES string of the molecule is C=CCN1CC[C@@]2(C)c3cc(O)ccc3CC1[C@@H]2C.Cl. The smallest absolute Gasteiger partial charge is 0.115 e. The van der Waals surface area contributed by atoms with E-state index in [4.69, 9.17) is 0 Å². The van der Waals surface area contributed by atoms with Crippen LogP contribution in [0.2, 0.25) is 0 Å². The molecule has 20 heavy (non-hydrogen) atoms. The average Bonchev–Trinajstić information content (AvgIpc) is 2.38. The summed E-state index contributed by atoms with van der Waals surface area (Å²) in [6.45, 7) is 10.7. The Morgan fingerprint density at radius 2 is 2.25 bits per heavy atom. The standard InChI is InChI=1S/C17H23NO.ClH/c1-4-8-18-9-7-17(3)12(2)16(18)10-13-5-6-14(19)11-15(13)17;/h4-6,11-12,16,19H,1,7-10H2,2-3H3;1H/t12-,16?,17+;/m0./s1. The Bertz CT molecular complexity index is 516. The number of likely N-dealkylation sites (tertiary alicyclic amines) is 1. The Balaban J connectivity index is 0.00000147. The first-order valence-electron chi connectivity index (χ1n) is 7.23. The number of phenolic OH excluding ortho intramolecular Hbond substituents is 1. The summed E-state index contributed by atoms with van der Waals surface area (Å²) in [6, 6.07) is 6.53. The fourth-order valence-corrected chi connectivity index (χ4v) is 4.09. The molecule has 1 aliphatic heterocycles. The lowest BCUT2D eigenvalue weighted by Crippen LogP contribution is -2.57. The van der Waals surface area contributed by atoms with E-state index in [-0.39, 0.29) is 17.8 Å². The van der Waals surface area contributed by atoms with E-state index in [0.29, 0.717) is 17.7 Å². The quantitative estimate of drug-likeness (QED) is 0.843. The molecule has 1 saturated heterocycles. The van der Waals surface area contributed by atoms with Gasteiger partial charge in [0.15, 0.2) is 0 Å². The molecule has 110 valence electrons. The number of hydrogen-bond acceptors (Lipinski definition) is 2. The predicted octanol–water partition coefficient (Wildman–Crippen LogP) is 3.52. The largest absolute Gasteiger partial charge is 0.508 e. The minimum Gasteiger partial charge on any atom is -0.508 e. The van der Waals surface area contributed by atoms with Crippen LogP contribution < -0.4 is 0 Å². The Labute approximate surface area is 127 Å². The first-order valence-corrected chi connectivity index (χ1v) is 7.23. The molecular formula is C17H24ClNO. The Hall–Kier alpha value is -0.990. The molecule has 2 nitrogen and oxygen atoms in total. The van der Waals surface area contributed by atoms with Gasteiger partial charge in [-0.15, -0.1) is 19.0 Å². The molecule has 1 aliphatic carbocycles. The van der Waals surface area contributed by atoms with Crippen LogP contribution >= 0.6 is 12.4 Å². The minimum atomic E-state index is 0. The van der Waals surface area contributed by atoms with Crippen molar-refractivity contribution < 1.29 is 5.11 Å². The number of nitrogens with zero attached hydrogens (tertiary/aromatic N) is 1. The lowest BCUT2D eigenvalue weighted by atomic mass is 9.59. The topological polar surface area (TPSA) is 23.5 Å². The molecule has 0 saturated carbocycles. The molecule has 2 aliphatic rings. The van der Waals surface area contributed by atoms with Crippen LogP contribution in [-0.4, -0.2) is 29.1 Å². The lowest BCUT2D eigenvalue weighted by molar-refractivity contribution is 0.0398. The van der Waals surface area contributed by atoms with E-state index < -0.39 is 0 Å². The molecule has 1 aromatic carbocycles. The number of hydrogen-bond donors (Lipinski definition) is 1. The Morgan fingerprint density at radius 1 is 1.50 bits per heavy atom. The predicted molar refractivity (Wildman–Crippen MR) is 85.7 cm³/mol. The van der Waals surface area contributed by atoms with Crippen LogP contribution in [0.4, 0.5) is 0 Å². The number of benzene rings is 1. The van der Waals surface area contributed by atoms with Crippen LogP contribution in [-0.2, 0) is 11.8 Å². The van der Waals surface area contributed by atoms with Crippen molar-refractivity contribution in [2.75, 3.05) is 13.1 Å². The highest BCUT2D eigenvalue weighted by Crippen LogP contribution is 2.49. The minimum absolute atomic E-state index is 0. The highest BCUT2D eigenvalue weighted by atomic mass is 35.5. The fourth-order valence-electron chi connectivity index (χ4n) is 4.09. The van der Waals surface area contributed by atoms with Crippen molar-refractivity contribution in [2.24, 2.45) is 5.92 Å². The maximum absolute atomic E-state index is 9.80. The third-order valence-corrected chi connectivity index (χ3v) is 5.47. The molecular weight excluding hydrogens is 270 g/mol. The molecule has 1 heterocycles. The molecule has 0 spiro atoms. The van der Waals surface area contributed by atoms with Crippen molar-refractivity contribution in [3.8, 4) is 5.75 Å². The Morgan fingerprint density at radius 3 is 2.95 bits per heavy atom. The maximum Gasteiger partial charge on any atom is 0.115 e. The van der Waals surface area contributed by atoms with Crippen molar-refractivity contribution in [3.05, 3.63) is 42.0 Å². The molecule has 1 aromatic rings. The normalized spacial score (nSPS) is 32.1. The molecule has 3 atom stereocenters. The van der Waals surface area contributed by atoms with E-state index in [1.165, 1.54) is 11.1 Å². The highest BCUT2D eigenvalue weighted by Gasteiger charge is 2.48. The highest BCUT2D eigenvalue weighted by molar-refractivity contribution is 5.85.